The zero-order chi connectivity index (χ0) is 19.7. The van der Waals surface area contributed by atoms with Gasteiger partial charge < -0.3 is 25.2 Å². The second kappa shape index (κ2) is 10.8. The zero-order valence-electron chi connectivity index (χ0n) is 17.6. The maximum absolute atomic E-state index is 12.4. The Labute approximate surface area is 164 Å². The third kappa shape index (κ3) is 8.02. The molecule has 0 unspecified atom stereocenters. The lowest BCUT2D eigenvalue weighted by Crippen LogP contribution is -2.55. The highest BCUT2D eigenvalue weighted by atomic mass is 16.5. The molecule has 0 aromatic carbocycles. The first-order valence-electron chi connectivity index (χ1n) is 10.2. The molecule has 1 amide bonds. The first-order chi connectivity index (χ1) is 12.9. The van der Waals surface area contributed by atoms with Crippen LogP contribution in [0, 0.1) is 0 Å². The fraction of sp³-hybridized carbons (Fsp3) is 0.895. The summed E-state index contributed by atoms with van der Waals surface area (Å²) >= 11 is 0. The number of carbonyl (C=O) groups excluding carboxylic acids is 1. The fourth-order valence-electron chi connectivity index (χ4n) is 3.24. The molecule has 27 heavy (non-hydrogen) atoms. The predicted octanol–water partition coefficient (Wildman–Crippen LogP) is -0.184. The van der Waals surface area contributed by atoms with E-state index < -0.39 is 0 Å². The number of hydrogen-bond acceptors (Lipinski definition) is 5. The average molecular weight is 383 g/mol. The van der Waals surface area contributed by atoms with E-state index in [1.807, 2.05) is 4.90 Å². The number of nitrogens with zero attached hydrogens (tertiary/aromatic N) is 4. The summed E-state index contributed by atoms with van der Waals surface area (Å²) in [6.07, 6.45) is 0. The fourth-order valence-corrected chi connectivity index (χ4v) is 3.24. The topological polar surface area (TPSA) is 72.4 Å². The molecule has 2 heterocycles. The van der Waals surface area contributed by atoms with Gasteiger partial charge in [-0.2, -0.15) is 0 Å². The molecule has 8 heteroatoms. The van der Waals surface area contributed by atoms with Crippen LogP contribution >= 0.6 is 0 Å². The van der Waals surface area contributed by atoms with E-state index >= 15 is 0 Å². The molecular formula is C19H38N6O2. The second-order valence-corrected chi connectivity index (χ2v) is 8.17. The van der Waals surface area contributed by atoms with Gasteiger partial charge in [0.25, 0.3) is 0 Å². The maximum atomic E-state index is 12.4. The highest BCUT2D eigenvalue weighted by Crippen LogP contribution is 2.05. The molecule has 2 rings (SSSR count). The van der Waals surface area contributed by atoms with Gasteiger partial charge >= 0.3 is 0 Å². The molecule has 0 aromatic heterocycles. The Kier molecular flexibility index (Phi) is 8.79. The summed E-state index contributed by atoms with van der Waals surface area (Å²) in [6.45, 7) is 17.9. The van der Waals surface area contributed by atoms with E-state index in [0.29, 0.717) is 19.8 Å². The quantitative estimate of drug-likeness (QED) is 0.377. The largest absolute Gasteiger partial charge is 0.378 e. The van der Waals surface area contributed by atoms with Crippen LogP contribution in [0.15, 0.2) is 4.99 Å². The van der Waals surface area contributed by atoms with Crippen molar-refractivity contribution in [2.75, 3.05) is 78.7 Å². The number of nitrogens with one attached hydrogen (secondary N) is 2. The van der Waals surface area contributed by atoms with Crippen molar-refractivity contribution in [1.82, 2.24) is 25.3 Å². The van der Waals surface area contributed by atoms with Crippen LogP contribution < -0.4 is 10.6 Å². The normalized spacial score (nSPS) is 20.1. The van der Waals surface area contributed by atoms with Crippen LogP contribution in [0.1, 0.15) is 27.7 Å². The monoisotopic (exact) mass is 382 g/mol. The number of guanidine groups is 1. The molecule has 0 radical (unpaired) electrons. The van der Waals surface area contributed by atoms with Gasteiger partial charge in [0.15, 0.2) is 5.96 Å². The Morgan fingerprint density at radius 1 is 1.04 bits per heavy atom. The minimum absolute atomic E-state index is 0.118. The molecule has 2 aliphatic rings. The first kappa shape index (κ1) is 21.9. The molecule has 2 N–H and O–H groups in total. The standard InChI is InChI=1S/C19H38N6O2/c1-5-20-18(21-6-7-22-19(2,3)4)25-10-8-23(9-11-25)16-17(26)24-12-14-27-15-13-24/h22H,5-16H2,1-4H3,(H,20,21). The molecule has 2 fully saturated rings. The molecule has 0 bridgehead atoms. The number of morpholine rings is 1. The third-order valence-electron chi connectivity index (χ3n) is 4.76. The summed E-state index contributed by atoms with van der Waals surface area (Å²) in [5.74, 6) is 1.20. The van der Waals surface area contributed by atoms with Gasteiger partial charge in [-0.05, 0) is 27.7 Å². The van der Waals surface area contributed by atoms with E-state index in [0.717, 1.165) is 64.9 Å². The number of hydrogen-bond donors (Lipinski definition) is 2. The molecule has 156 valence electrons. The molecule has 8 nitrogen and oxygen atoms in total. The lowest BCUT2D eigenvalue weighted by molar-refractivity contribution is -0.136. The number of rotatable bonds is 6. The summed E-state index contributed by atoms with van der Waals surface area (Å²) in [5, 5.41) is 6.87. The molecule has 0 aromatic rings. The Hall–Kier alpha value is -1.38. The molecule has 0 aliphatic carbocycles. The van der Waals surface area contributed by atoms with Crippen molar-refractivity contribution in [3.63, 3.8) is 0 Å². The Morgan fingerprint density at radius 3 is 2.30 bits per heavy atom. The van der Waals surface area contributed by atoms with Crippen LogP contribution in [0.5, 0.6) is 0 Å². The minimum atomic E-state index is 0.118. The van der Waals surface area contributed by atoms with E-state index in [4.69, 9.17) is 9.73 Å². The lowest BCUT2D eigenvalue weighted by atomic mass is 10.1. The molecule has 2 saturated heterocycles. The van der Waals surface area contributed by atoms with Crippen molar-refractivity contribution in [3.8, 4) is 0 Å². The van der Waals surface area contributed by atoms with Crippen molar-refractivity contribution < 1.29 is 9.53 Å². The van der Waals surface area contributed by atoms with Crippen molar-refractivity contribution in [2.45, 2.75) is 33.2 Å². The summed E-state index contributed by atoms with van der Waals surface area (Å²) < 4.78 is 5.32. The number of piperazine rings is 1. The Balaban J connectivity index is 1.76. The Bertz CT molecular complexity index is 477. The highest BCUT2D eigenvalue weighted by Gasteiger charge is 2.24. The van der Waals surface area contributed by atoms with Crippen molar-refractivity contribution >= 4 is 11.9 Å². The van der Waals surface area contributed by atoms with Crippen LogP contribution in [0.4, 0.5) is 0 Å². The van der Waals surface area contributed by atoms with Crippen molar-refractivity contribution in [3.05, 3.63) is 0 Å². The summed E-state index contributed by atoms with van der Waals surface area (Å²) in [6, 6.07) is 0. The van der Waals surface area contributed by atoms with Crippen LogP contribution in [0.2, 0.25) is 0 Å². The summed E-state index contributed by atoms with van der Waals surface area (Å²) in [5.41, 5.74) is 0.118. The van der Waals surface area contributed by atoms with E-state index in [2.05, 4.69) is 48.1 Å². The van der Waals surface area contributed by atoms with Crippen LogP contribution in [0.25, 0.3) is 0 Å². The first-order valence-corrected chi connectivity index (χ1v) is 10.2. The maximum Gasteiger partial charge on any atom is 0.236 e. The van der Waals surface area contributed by atoms with Crippen molar-refractivity contribution in [1.29, 1.82) is 0 Å². The molecule has 0 saturated carbocycles. The summed E-state index contributed by atoms with van der Waals surface area (Å²) in [4.78, 5) is 23.6. The smallest absolute Gasteiger partial charge is 0.236 e. The third-order valence-corrected chi connectivity index (χ3v) is 4.76. The van der Waals surface area contributed by atoms with E-state index in [1.54, 1.807) is 0 Å². The number of aliphatic imine (C=N–C) groups is 1. The van der Waals surface area contributed by atoms with Gasteiger partial charge in [-0.1, -0.05) is 0 Å². The molecule has 2 aliphatic heterocycles. The van der Waals surface area contributed by atoms with E-state index in [9.17, 15) is 4.79 Å². The Morgan fingerprint density at radius 2 is 1.70 bits per heavy atom. The molecule has 0 spiro atoms. The molecular weight excluding hydrogens is 344 g/mol. The van der Waals surface area contributed by atoms with Crippen LogP contribution in [-0.4, -0.2) is 111 Å². The van der Waals surface area contributed by atoms with E-state index in [-0.39, 0.29) is 11.4 Å². The predicted molar refractivity (Wildman–Crippen MR) is 109 cm³/mol. The average Bonchev–Trinajstić information content (AvgIpc) is 2.65. The van der Waals surface area contributed by atoms with Gasteiger partial charge in [0.2, 0.25) is 5.91 Å². The van der Waals surface area contributed by atoms with Gasteiger partial charge in [-0.25, -0.2) is 0 Å². The second-order valence-electron chi connectivity index (χ2n) is 8.17. The van der Waals surface area contributed by atoms with Gasteiger partial charge in [-0.15, -0.1) is 0 Å². The molecule has 0 atom stereocenters. The van der Waals surface area contributed by atoms with E-state index in [1.165, 1.54) is 0 Å². The van der Waals surface area contributed by atoms with Gasteiger partial charge in [0.05, 0.1) is 26.3 Å². The van der Waals surface area contributed by atoms with Gasteiger partial charge in [-0.3, -0.25) is 14.7 Å². The van der Waals surface area contributed by atoms with Crippen LogP contribution in [0.3, 0.4) is 0 Å². The highest BCUT2D eigenvalue weighted by molar-refractivity contribution is 5.80. The van der Waals surface area contributed by atoms with Crippen LogP contribution in [-0.2, 0) is 9.53 Å². The van der Waals surface area contributed by atoms with Gasteiger partial charge in [0.1, 0.15) is 0 Å². The number of ether oxygens (including phenoxy) is 1. The number of carbonyl (C=O) groups is 1. The zero-order valence-corrected chi connectivity index (χ0v) is 17.6. The number of amides is 1. The van der Waals surface area contributed by atoms with Gasteiger partial charge in [0, 0.05) is 57.9 Å². The minimum Gasteiger partial charge on any atom is -0.378 e. The summed E-state index contributed by atoms with van der Waals surface area (Å²) in [7, 11) is 0. The van der Waals surface area contributed by atoms with Crippen molar-refractivity contribution in [2.24, 2.45) is 4.99 Å². The lowest BCUT2D eigenvalue weighted by Gasteiger charge is -2.37. The SMILES string of the molecule is CCNC(=NCCNC(C)(C)C)N1CCN(CC(=O)N2CCOCC2)CC1.